The molecule has 0 saturated carbocycles. The van der Waals surface area contributed by atoms with Crippen molar-refractivity contribution < 1.29 is 14.7 Å². The van der Waals surface area contributed by atoms with Gasteiger partial charge < -0.3 is 14.9 Å². The van der Waals surface area contributed by atoms with Gasteiger partial charge in [-0.1, -0.05) is 0 Å². The molecule has 1 N–H and O–H groups in total. The van der Waals surface area contributed by atoms with E-state index in [9.17, 15) is 14.7 Å². The largest absolute Gasteiger partial charge is 0.480 e. The Morgan fingerprint density at radius 1 is 1.29 bits per heavy atom. The fraction of sp³-hybridized carbons (Fsp3) is 0.600. The van der Waals surface area contributed by atoms with Gasteiger partial charge in [-0.25, -0.2) is 9.59 Å². The molecule has 3 heterocycles. The number of amides is 2. The van der Waals surface area contributed by atoms with E-state index in [0.717, 1.165) is 19.3 Å². The highest BCUT2D eigenvalue weighted by molar-refractivity contribution is 7.10. The molecule has 2 unspecified atom stereocenters. The second-order valence-electron chi connectivity index (χ2n) is 5.74. The van der Waals surface area contributed by atoms with Crippen LogP contribution in [0, 0.1) is 0 Å². The quantitative estimate of drug-likeness (QED) is 0.867. The van der Waals surface area contributed by atoms with Crippen LogP contribution in [0.1, 0.15) is 42.7 Å². The van der Waals surface area contributed by atoms with Gasteiger partial charge in [-0.3, -0.25) is 0 Å². The van der Waals surface area contributed by atoms with Crippen LogP contribution in [0.15, 0.2) is 11.4 Å². The molecule has 0 aliphatic carbocycles. The van der Waals surface area contributed by atoms with Gasteiger partial charge in [0.1, 0.15) is 6.04 Å². The standard InChI is InChI=1S/C15H20N2O3S/c1-10-11-6-9-21-13(11)5-8-16(10)15(20)17-7-3-2-4-12(17)14(18)19/h6,9-10,12H,2-5,7-8H2,1H3,(H,18,19). The van der Waals surface area contributed by atoms with Crippen LogP contribution in [0.25, 0.3) is 0 Å². The summed E-state index contributed by atoms with van der Waals surface area (Å²) in [5.74, 6) is -0.885. The number of likely N-dealkylation sites (tertiary alicyclic amines) is 1. The molecule has 0 aromatic carbocycles. The summed E-state index contributed by atoms with van der Waals surface area (Å²) in [4.78, 5) is 28.9. The lowest BCUT2D eigenvalue weighted by Crippen LogP contribution is -2.54. The van der Waals surface area contributed by atoms with Crippen molar-refractivity contribution in [1.82, 2.24) is 9.80 Å². The molecule has 1 aromatic rings. The Morgan fingerprint density at radius 3 is 2.86 bits per heavy atom. The van der Waals surface area contributed by atoms with Gasteiger partial charge in [0.05, 0.1) is 6.04 Å². The molecule has 2 aliphatic rings. The van der Waals surface area contributed by atoms with Gasteiger partial charge in [0.2, 0.25) is 0 Å². The normalized spacial score (nSPS) is 25.6. The number of carboxylic acids is 1. The van der Waals surface area contributed by atoms with Crippen LogP contribution in [-0.4, -0.2) is 46.0 Å². The molecular formula is C15H20N2O3S. The Labute approximate surface area is 128 Å². The second-order valence-corrected chi connectivity index (χ2v) is 6.74. The third-order valence-electron chi connectivity index (χ3n) is 4.56. The van der Waals surface area contributed by atoms with Crippen LogP contribution in [0.3, 0.4) is 0 Å². The fourth-order valence-electron chi connectivity index (χ4n) is 3.35. The molecule has 0 spiro atoms. The fourth-order valence-corrected chi connectivity index (χ4v) is 4.32. The number of aliphatic carboxylic acids is 1. The first-order valence-electron chi connectivity index (χ1n) is 7.46. The predicted molar refractivity (Wildman–Crippen MR) is 80.5 cm³/mol. The first-order chi connectivity index (χ1) is 10.1. The average Bonchev–Trinajstić information content (AvgIpc) is 2.96. The van der Waals surface area contributed by atoms with Gasteiger partial charge in [-0.2, -0.15) is 0 Å². The van der Waals surface area contributed by atoms with Crippen molar-refractivity contribution in [3.63, 3.8) is 0 Å². The molecule has 2 atom stereocenters. The van der Waals surface area contributed by atoms with Crippen molar-refractivity contribution in [2.45, 2.75) is 44.7 Å². The summed E-state index contributed by atoms with van der Waals surface area (Å²) in [5.41, 5.74) is 1.21. The number of carbonyl (C=O) groups is 2. The molecule has 114 valence electrons. The Hall–Kier alpha value is -1.56. The lowest BCUT2D eigenvalue weighted by Gasteiger charge is -2.41. The van der Waals surface area contributed by atoms with E-state index in [1.165, 1.54) is 10.4 Å². The number of hydrogen-bond acceptors (Lipinski definition) is 3. The molecule has 2 aliphatic heterocycles. The molecule has 0 bridgehead atoms. The average molecular weight is 308 g/mol. The molecule has 1 saturated heterocycles. The molecular weight excluding hydrogens is 288 g/mol. The molecule has 21 heavy (non-hydrogen) atoms. The molecule has 0 radical (unpaired) electrons. The highest BCUT2D eigenvalue weighted by Gasteiger charge is 2.37. The van der Waals surface area contributed by atoms with Crippen LogP contribution in [0.2, 0.25) is 0 Å². The van der Waals surface area contributed by atoms with E-state index in [1.54, 1.807) is 16.2 Å². The van der Waals surface area contributed by atoms with Crippen LogP contribution in [0.5, 0.6) is 0 Å². The maximum atomic E-state index is 12.8. The molecule has 6 heteroatoms. The second kappa shape index (κ2) is 5.67. The van der Waals surface area contributed by atoms with E-state index >= 15 is 0 Å². The van der Waals surface area contributed by atoms with Crippen LogP contribution < -0.4 is 0 Å². The molecule has 3 rings (SSSR count). The van der Waals surface area contributed by atoms with Crippen molar-refractivity contribution >= 4 is 23.3 Å². The Kier molecular flexibility index (Phi) is 3.89. The minimum atomic E-state index is -0.885. The SMILES string of the molecule is CC1c2ccsc2CCN1C(=O)N1CCCCC1C(=O)O. The number of fused-ring (bicyclic) bond motifs is 1. The number of thiophene rings is 1. The van der Waals surface area contributed by atoms with E-state index in [-0.39, 0.29) is 12.1 Å². The summed E-state index contributed by atoms with van der Waals surface area (Å²) in [5, 5.41) is 11.4. The zero-order chi connectivity index (χ0) is 15.0. The topological polar surface area (TPSA) is 60.9 Å². The summed E-state index contributed by atoms with van der Waals surface area (Å²) in [7, 11) is 0. The predicted octanol–water partition coefficient (Wildman–Crippen LogP) is 2.73. The maximum absolute atomic E-state index is 12.8. The van der Waals surface area contributed by atoms with Gasteiger partial charge in [0.25, 0.3) is 0 Å². The van der Waals surface area contributed by atoms with Gasteiger partial charge >= 0.3 is 12.0 Å². The first kappa shape index (κ1) is 14.4. The number of nitrogens with zero attached hydrogens (tertiary/aromatic N) is 2. The highest BCUT2D eigenvalue weighted by atomic mass is 32.1. The number of carbonyl (C=O) groups excluding carboxylic acids is 1. The lowest BCUT2D eigenvalue weighted by molar-refractivity contribution is -0.143. The van der Waals surface area contributed by atoms with Crippen molar-refractivity contribution in [3.05, 3.63) is 21.9 Å². The van der Waals surface area contributed by atoms with Crippen molar-refractivity contribution in [2.24, 2.45) is 0 Å². The van der Waals surface area contributed by atoms with Crippen LogP contribution >= 0.6 is 11.3 Å². The summed E-state index contributed by atoms with van der Waals surface area (Å²) < 4.78 is 0. The third kappa shape index (κ3) is 2.52. The third-order valence-corrected chi connectivity index (χ3v) is 5.55. The van der Waals surface area contributed by atoms with Gasteiger partial charge in [0, 0.05) is 18.0 Å². The number of urea groups is 1. The van der Waals surface area contributed by atoms with Crippen LogP contribution in [-0.2, 0) is 11.2 Å². The Balaban J connectivity index is 1.80. The van der Waals surface area contributed by atoms with E-state index in [0.29, 0.717) is 19.5 Å². The summed E-state index contributed by atoms with van der Waals surface area (Å²) in [6.07, 6.45) is 3.20. The first-order valence-corrected chi connectivity index (χ1v) is 8.34. The molecule has 1 aromatic heterocycles. The van der Waals surface area contributed by atoms with E-state index in [4.69, 9.17) is 0 Å². The van der Waals surface area contributed by atoms with Crippen LogP contribution in [0.4, 0.5) is 4.79 Å². The highest BCUT2D eigenvalue weighted by Crippen LogP contribution is 2.34. The minimum absolute atomic E-state index is 0.0314. The molecule has 1 fully saturated rings. The molecule has 5 nitrogen and oxygen atoms in total. The van der Waals surface area contributed by atoms with E-state index < -0.39 is 12.0 Å². The van der Waals surface area contributed by atoms with Crippen molar-refractivity contribution in [1.29, 1.82) is 0 Å². The Morgan fingerprint density at radius 2 is 2.10 bits per heavy atom. The zero-order valence-electron chi connectivity index (χ0n) is 12.1. The summed E-state index contributed by atoms with van der Waals surface area (Å²) in [6.45, 7) is 3.26. The molecule has 2 amide bonds. The van der Waals surface area contributed by atoms with E-state index in [2.05, 4.69) is 11.4 Å². The Bertz CT molecular complexity index is 557. The number of rotatable bonds is 1. The summed E-state index contributed by atoms with van der Waals surface area (Å²) >= 11 is 1.74. The monoisotopic (exact) mass is 308 g/mol. The van der Waals surface area contributed by atoms with Gasteiger partial charge in [-0.15, -0.1) is 11.3 Å². The van der Waals surface area contributed by atoms with Crippen molar-refractivity contribution in [3.8, 4) is 0 Å². The maximum Gasteiger partial charge on any atom is 0.326 e. The number of piperidine rings is 1. The number of carboxylic acid groups (broad SMARTS) is 1. The minimum Gasteiger partial charge on any atom is -0.480 e. The van der Waals surface area contributed by atoms with Gasteiger partial charge in [0.15, 0.2) is 0 Å². The van der Waals surface area contributed by atoms with E-state index in [1.807, 2.05) is 11.8 Å². The zero-order valence-corrected chi connectivity index (χ0v) is 12.9. The van der Waals surface area contributed by atoms with Gasteiger partial charge in [-0.05, 0) is 49.6 Å². The number of hydrogen-bond donors (Lipinski definition) is 1. The van der Waals surface area contributed by atoms with Crippen molar-refractivity contribution in [2.75, 3.05) is 13.1 Å². The smallest absolute Gasteiger partial charge is 0.326 e. The summed E-state index contributed by atoms with van der Waals surface area (Å²) in [6, 6.07) is 1.33. The lowest BCUT2D eigenvalue weighted by atomic mass is 10.00.